The number of aromatic nitrogens is 3. The number of ether oxygens (including phenoxy) is 1. The maximum absolute atomic E-state index is 12.3. The molecule has 0 bridgehead atoms. The fourth-order valence-corrected chi connectivity index (χ4v) is 4.67. The van der Waals surface area contributed by atoms with Gasteiger partial charge in [0.15, 0.2) is 11.0 Å². The van der Waals surface area contributed by atoms with Gasteiger partial charge in [-0.2, -0.15) is 0 Å². The lowest BCUT2D eigenvalue weighted by Crippen LogP contribution is -2.15. The molecule has 0 unspecified atom stereocenters. The molecule has 0 saturated carbocycles. The van der Waals surface area contributed by atoms with Gasteiger partial charge in [0.25, 0.3) is 0 Å². The summed E-state index contributed by atoms with van der Waals surface area (Å²) in [6.45, 7) is 5.12. The van der Waals surface area contributed by atoms with Crippen LogP contribution >= 0.6 is 11.8 Å². The molecular formula is C24H28N4O2S. The van der Waals surface area contributed by atoms with Crippen LogP contribution in [0, 0.1) is 6.92 Å². The van der Waals surface area contributed by atoms with E-state index < -0.39 is 0 Å². The molecule has 1 amide bonds. The van der Waals surface area contributed by atoms with Crippen LogP contribution < -0.4 is 10.1 Å². The number of anilines is 1. The van der Waals surface area contributed by atoms with Crippen LogP contribution in [0.3, 0.4) is 0 Å². The van der Waals surface area contributed by atoms with Gasteiger partial charge in [-0.3, -0.25) is 4.79 Å². The number of thioether (sulfide) groups is 1. The summed E-state index contributed by atoms with van der Waals surface area (Å²) >= 11 is 1.39. The first-order valence-electron chi connectivity index (χ1n) is 10.8. The number of hydrogen-bond acceptors (Lipinski definition) is 5. The van der Waals surface area contributed by atoms with Gasteiger partial charge in [0, 0.05) is 12.2 Å². The number of carbonyl (C=O) groups excluding carboxylic acids is 1. The van der Waals surface area contributed by atoms with Crippen molar-refractivity contribution < 1.29 is 9.53 Å². The summed E-state index contributed by atoms with van der Waals surface area (Å²) in [6.07, 6.45) is 4.82. The fourth-order valence-electron chi connectivity index (χ4n) is 3.85. The van der Waals surface area contributed by atoms with Gasteiger partial charge in [-0.1, -0.05) is 30.0 Å². The van der Waals surface area contributed by atoms with E-state index in [4.69, 9.17) is 4.74 Å². The second-order valence-corrected chi connectivity index (χ2v) is 8.72. The molecule has 31 heavy (non-hydrogen) atoms. The van der Waals surface area contributed by atoms with Crippen LogP contribution in [0.25, 0.3) is 0 Å². The van der Waals surface area contributed by atoms with Crippen molar-refractivity contribution in [2.24, 2.45) is 0 Å². The molecule has 7 heteroatoms. The minimum Gasteiger partial charge on any atom is -0.486 e. The molecule has 0 atom stereocenters. The average Bonchev–Trinajstić information content (AvgIpc) is 3.18. The molecule has 2 aromatic carbocycles. The van der Waals surface area contributed by atoms with Gasteiger partial charge in [0.05, 0.1) is 5.75 Å². The Kier molecular flexibility index (Phi) is 6.92. The molecular weight excluding hydrogens is 408 g/mol. The van der Waals surface area contributed by atoms with E-state index in [0.29, 0.717) is 6.61 Å². The lowest BCUT2D eigenvalue weighted by atomic mass is 9.92. The highest BCUT2D eigenvalue weighted by Gasteiger charge is 2.15. The summed E-state index contributed by atoms with van der Waals surface area (Å²) < 4.78 is 8.02. The first kappa shape index (κ1) is 21.4. The third kappa shape index (κ3) is 5.47. The SMILES string of the molecule is CCn1c(COc2ccc3c(c2)CCCC3)nnc1SCC(=O)Nc1cccc(C)c1. The molecule has 162 valence electrons. The molecule has 0 saturated heterocycles. The molecule has 1 aromatic heterocycles. The van der Waals surface area contributed by atoms with Crippen LogP contribution in [0.15, 0.2) is 47.6 Å². The molecule has 1 heterocycles. The number of carbonyl (C=O) groups is 1. The number of nitrogens with one attached hydrogen (secondary N) is 1. The smallest absolute Gasteiger partial charge is 0.234 e. The molecule has 0 fully saturated rings. The Morgan fingerprint density at radius 3 is 2.77 bits per heavy atom. The minimum absolute atomic E-state index is 0.0619. The summed E-state index contributed by atoms with van der Waals surface area (Å²) in [5.41, 5.74) is 4.76. The standard InChI is InChI=1S/C24H28N4O2S/c1-3-28-22(15-30-21-12-11-18-8-4-5-9-19(18)14-21)26-27-24(28)31-16-23(29)25-20-10-6-7-17(2)13-20/h6-7,10-14H,3-5,8-9,15-16H2,1-2H3,(H,25,29). The van der Waals surface area contributed by atoms with Gasteiger partial charge >= 0.3 is 0 Å². The topological polar surface area (TPSA) is 69.0 Å². The van der Waals surface area contributed by atoms with Crippen LogP contribution in [0.5, 0.6) is 5.75 Å². The number of hydrogen-bond donors (Lipinski definition) is 1. The van der Waals surface area contributed by atoms with Gasteiger partial charge in [0.1, 0.15) is 12.4 Å². The van der Waals surface area contributed by atoms with Crippen molar-refractivity contribution in [2.45, 2.75) is 57.8 Å². The number of rotatable bonds is 8. The lowest BCUT2D eigenvalue weighted by molar-refractivity contribution is -0.113. The summed E-state index contributed by atoms with van der Waals surface area (Å²) in [4.78, 5) is 12.3. The molecule has 1 aliphatic rings. The third-order valence-corrected chi connectivity index (χ3v) is 6.40. The number of nitrogens with zero attached hydrogens (tertiary/aromatic N) is 3. The fraction of sp³-hybridized carbons (Fsp3) is 0.375. The van der Waals surface area contributed by atoms with Gasteiger partial charge in [-0.25, -0.2) is 0 Å². The van der Waals surface area contributed by atoms with E-state index in [-0.39, 0.29) is 11.7 Å². The maximum Gasteiger partial charge on any atom is 0.234 e. The van der Waals surface area contributed by atoms with Crippen molar-refractivity contribution in [2.75, 3.05) is 11.1 Å². The van der Waals surface area contributed by atoms with Crippen molar-refractivity contribution in [3.63, 3.8) is 0 Å². The highest BCUT2D eigenvalue weighted by atomic mass is 32.2. The summed E-state index contributed by atoms with van der Waals surface area (Å²) in [5, 5.41) is 12.2. The highest BCUT2D eigenvalue weighted by molar-refractivity contribution is 7.99. The molecule has 3 aromatic rings. The largest absolute Gasteiger partial charge is 0.486 e. The Hall–Kier alpha value is -2.80. The number of aryl methyl sites for hydroxylation is 3. The Bertz CT molecular complexity index is 1060. The average molecular weight is 437 g/mol. The Morgan fingerprint density at radius 1 is 1.13 bits per heavy atom. The molecule has 6 nitrogen and oxygen atoms in total. The molecule has 0 radical (unpaired) electrons. The normalized spacial score (nSPS) is 13.0. The maximum atomic E-state index is 12.3. The van der Waals surface area contributed by atoms with Gasteiger partial charge in [0.2, 0.25) is 5.91 Å². The predicted molar refractivity (Wildman–Crippen MR) is 124 cm³/mol. The van der Waals surface area contributed by atoms with Crippen LogP contribution in [0.2, 0.25) is 0 Å². The third-order valence-electron chi connectivity index (χ3n) is 5.43. The minimum atomic E-state index is -0.0619. The first-order valence-corrected chi connectivity index (χ1v) is 11.8. The van der Waals surface area contributed by atoms with Crippen molar-refractivity contribution in [3.05, 3.63) is 65.0 Å². The first-order chi connectivity index (χ1) is 15.1. The van der Waals surface area contributed by atoms with Crippen LogP contribution in [0.4, 0.5) is 5.69 Å². The number of fused-ring (bicyclic) bond motifs is 1. The second-order valence-electron chi connectivity index (χ2n) is 7.78. The molecule has 0 spiro atoms. The highest BCUT2D eigenvalue weighted by Crippen LogP contribution is 2.26. The van der Waals surface area contributed by atoms with Crippen LogP contribution in [0.1, 0.15) is 42.3 Å². The van der Waals surface area contributed by atoms with Crippen molar-refractivity contribution >= 4 is 23.4 Å². The molecule has 1 N–H and O–H groups in total. The summed E-state index contributed by atoms with van der Waals surface area (Å²) in [6, 6.07) is 14.2. The van der Waals surface area contributed by atoms with Crippen LogP contribution in [-0.2, 0) is 30.8 Å². The van der Waals surface area contributed by atoms with E-state index in [1.54, 1.807) is 0 Å². The van der Waals surface area contributed by atoms with E-state index in [1.807, 2.05) is 48.7 Å². The van der Waals surface area contributed by atoms with E-state index in [1.165, 1.54) is 35.7 Å². The Morgan fingerprint density at radius 2 is 1.97 bits per heavy atom. The van der Waals surface area contributed by atoms with Crippen molar-refractivity contribution in [1.82, 2.24) is 14.8 Å². The molecule has 0 aliphatic heterocycles. The van der Waals surface area contributed by atoms with Gasteiger partial charge < -0.3 is 14.6 Å². The predicted octanol–water partition coefficient (Wildman–Crippen LogP) is 4.80. The van der Waals surface area contributed by atoms with E-state index >= 15 is 0 Å². The monoisotopic (exact) mass is 436 g/mol. The summed E-state index contributed by atoms with van der Waals surface area (Å²) in [5.74, 6) is 1.85. The molecule has 4 rings (SSSR count). The molecule has 1 aliphatic carbocycles. The van der Waals surface area contributed by atoms with Crippen molar-refractivity contribution in [3.8, 4) is 5.75 Å². The zero-order valence-corrected chi connectivity index (χ0v) is 18.9. The second kappa shape index (κ2) is 10.0. The Labute approximate surface area is 187 Å². The van der Waals surface area contributed by atoms with E-state index in [2.05, 4.69) is 27.6 Å². The van der Waals surface area contributed by atoms with Crippen LogP contribution in [-0.4, -0.2) is 26.4 Å². The zero-order chi connectivity index (χ0) is 21.6. The van der Waals surface area contributed by atoms with E-state index in [9.17, 15) is 4.79 Å². The lowest BCUT2D eigenvalue weighted by Gasteiger charge is -2.16. The Balaban J connectivity index is 1.34. The van der Waals surface area contributed by atoms with Gasteiger partial charge in [-0.15, -0.1) is 10.2 Å². The van der Waals surface area contributed by atoms with E-state index in [0.717, 1.165) is 47.4 Å². The number of amides is 1. The quantitative estimate of drug-likeness (QED) is 0.514. The number of benzene rings is 2. The summed E-state index contributed by atoms with van der Waals surface area (Å²) in [7, 11) is 0. The van der Waals surface area contributed by atoms with Gasteiger partial charge in [-0.05, 0) is 80.5 Å². The zero-order valence-electron chi connectivity index (χ0n) is 18.1. The van der Waals surface area contributed by atoms with Crippen molar-refractivity contribution in [1.29, 1.82) is 0 Å².